The van der Waals surface area contributed by atoms with Crippen LogP contribution in [0, 0.1) is 17.8 Å². The second kappa shape index (κ2) is 7.01. The summed E-state index contributed by atoms with van der Waals surface area (Å²) in [6.07, 6.45) is 0. The molecule has 1 amide bonds. The number of hydrogen-bond acceptors (Lipinski definition) is 3. The molecule has 2 atom stereocenters. The lowest BCUT2D eigenvalue weighted by molar-refractivity contribution is -0.125. The largest absolute Gasteiger partial charge is 0.393 e. The van der Waals surface area contributed by atoms with E-state index in [2.05, 4.69) is 19.2 Å². The molecule has 0 fully saturated rings. The standard InChI is InChI=1S/C14H22N2OS2/c1-8(2)11(13(15)18)14(17)16-12(9(3)4)10-6-5-7-19-10/h5-9,11-12H,1-4H3,(H2,15,18)(H,16,17). The van der Waals surface area contributed by atoms with Crippen LogP contribution in [0.15, 0.2) is 17.5 Å². The van der Waals surface area contributed by atoms with Gasteiger partial charge in [0, 0.05) is 4.88 Å². The number of amides is 1. The summed E-state index contributed by atoms with van der Waals surface area (Å²) in [6, 6.07) is 4.05. The molecule has 0 aliphatic rings. The third-order valence-electron chi connectivity index (χ3n) is 3.07. The number of carbonyl (C=O) groups is 1. The smallest absolute Gasteiger partial charge is 0.230 e. The van der Waals surface area contributed by atoms with Crippen LogP contribution in [0.1, 0.15) is 38.6 Å². The maximum Gasteiger partial charge on any atom is 0.230 e. The lowest BCUT2D eigenvalue weighted by Crippen LogP contribution is -2.43. The van der Waals surface area contributed by atoms with Crippen LogP contribution in [0.3, 0.4) is 0 Å². The van der Waals surface area contributed by atoms with Gasteiger partial charge in [0.2, 0.25) is 5.91 Å². The molecule has 0 bridgehead atoms. The summed E-state index contributed by atoms with van der Waals surface area (Å²) in [5, 5.41) is 5.10. The van der Waals surface area contributed by atoms with Crippen LogP contribution in [-0.4, -0.2) is 10.9 Å². The molecule has 0 aliphatic carbocycles. The van der Waals surface area contributed by atoms with Crippen molar-refractivity contribution in [1.29, 1.82) is 0 Å². The van der Waals surface area contributed by atoms with Gasteiger partial charge in [-0.3, -0.25) is 4.79 Å². The van der Waals surface area contributed by atoms with Crippen molar-refractivity contribution in [2.24, 2.45) is 23.5 Å². The Kier molecular flexibility index (Phi) is 5.94. The molecule has 0 saturated heterocycles. The molecular formula is C14H22N2OS2. The Morgan fingerprint density at radius 3 is 2.32 bits per heavy atom. The number of rotatable bonds is 6. The summed E-state index contributed by atoms with van der Waals surface area (Å²) in [5.41, 5.74) is 5.68. The van der Waals surface area contributed by atoms with E-state index in [9.17, 15) is 4.79 Å². The van der Waals surface area contributed by atoms with E-state index in [1.54, 1.807) is 11.3 Å². The van der Waals surface area contributed by atoms with Crippen molar-refractivity contribution in [2.75, 3.05) is 0 Å². The summed E-state index contributed by atoms with van der Waals surface area (Å²) in [6.45, 7) is 8.10. The zero-order chi connectivity index (χ0) is 14.6. The normalized spacial score (nSPS) is 14.4. The highest BCUT2D eigenvalue weighted by Crippen LogP contribution is 2.26. The van der Waals surface area contributed by atoms with E-state index in [4.69, 9.17) is 18.0 Å². The lowest BCUT2D eigenvalue weighted by Gasteiger charge is -2.25. The monoisotopic (exact) mass is 298 g/mol. The molecule has 3 nitrogen and oxygen atoms in total. The third-order valence-corrected chi connectivity index (χ3v) is 4.28. The van der Waals surface area contributed by atoms with E-state index < -0.39 is 5.92 Å². The summed E-state index contributed by atoms with van der Waals surface area (Å²) in [5.74, 6) is -0.0544. The van der Waals surface area contributed by atoms with E-state index in [0.29, 0.717) is 5.92 Å². The van der Waals surface area contributed by atoms with Gasteiger partial charge < -0.3 is 11.1 Å². The minimum absolute atomic E-state index is 0.0168. The van der Waals surface area contributed by atoms with Crippen LogP contribution in [0.5, 0.6) is 0 Å². The van der Waals surface area contributed by atoms with Gasteiger partial charge >= 0.3 is 0 Å². The highest BCUT2D eigenvalue weighted by molar-refractivity contribution is 7.80. The maximum absolute atomic E-state index is 12.4. The topological polar surface area (TPSA) is 55.1 Å². The quantitative estimate of drug-likeness (QED) is 0.793. The number of hydrogen-bond donors (Lipinski definition) is 2. The van der Waals surface area contributed by atoms with Crippen LogP contribution in [0.25, 0.3) is 0 Å². The number of nitrogens with two attached hydrogens (primary N) is 1. The van der Waals surface area contributed by atoms with Crippen molar-refractivity contribution in [3.63, 3.8) is 0 Å². The third kappa shape index (κ3) is 4.28. The van der Waals surface area contributed by atoms with Crippen molar-refractivity contribution in [3.8, 4) is 0 Å². The Hall–Kier alpha value is -0.940. The Bertz CT molecular complexity index is 427. The zero-order valence-electron chi connectivity index (χ0n) is 11.8. The first-order valence-corrected chi connectivity index (χ1v) is 7.76. The van der Waals surface area contributed by atoms with E-state index in [-0.39, 0.29) is 22.9 Å². The van der Waals surface area contributed by atoms with Gasteiger partial charge in [-0.25, -0.2) is 0 Å². The van der Waals surface area contributed by atoms with Gasteiger partial charge in [-0.05, 0) is 23.3 Å². The molecule has 0 saturated carbocycles. The summed E-state index contributed by atoms with van der Waals surface area (Å²) in [4.78, 5) is 13.8. The first-order chi connectivity index (χ1) is 8.84. The minimum Gasteiger partial charge on any atom is -0.393 e. The average molecular weight is 298 g/mol. The van der Waals surface area contributed by atoms with E-state index in [0.717, 1.165) is 4.88 Å². The van der Waals surface area contributed by atoms with Crippen molar-refractivity contribution in [1.82, 2.24) is 5.32 Å². The first kappa shape index (κ1) is 16.1. The van der Waals surface area contributed by atoms with Crippen LogP contribution >= 0.6 is 23.6 Å². The Labute approximate surface area is 124 Å². The maximum atomic E-state index is 12.4. The molecule has 0 spiro atoms. The molecule has 106 valence electrons. The number of carbonyl (C=O) groups excluding carboxylic acids is 1. The highest BCUT2D eigenvalue weighted by atomic mass is 32.1. The zero-order valence-corrected chi connectivity index (χ0v) is 13.5. The minimum atomic E-state index is -0.406. The van der Waals surface area contributed by atoms with Gasteiger partial charge in [0.15, 0.2) is 0 Å². The predicted molar refractivity (Wildman–Crippen MR) is 85.2 cm³/mol. The highest BCUT2D eigenvalue weighted by Gasteiger charge is 2.28. The molecule has 0 radical (unpaired) electrons. The van der Waals surface area contributed by atoms with Crippen molar-refractivity contribution in [2.45, 2.75) is 33.7 Å². The summed E-state index contributed by atoms with van der Waals surface area (Å²) < 4.78 is 0. The van der Waals surface area contributed by atoms with E-state index in [1.807, 2.05) is 31.4 Å². The van der Waals surface area contributed by atoms with Crippen molar-refractivity contribution >= 4 is 34.5 Å². The molecule has 5 heteroatoms. The fourth-order valence-corrected chi connectivity index (χ4v) is 3.37. The van der Waals surface area contributed by atoms with E-state index in [1.165, 1.54) is 0 Å². The second-order valence-electron chi connectivity index (χ2n) is 5.37. The molecule has 19 heavy (non-hydrogen) atoms. The Balaban J connectivity index is 2.85. The van der Waals surface area contributed by atoms with Gasteiger partial charge in [-0.15, -0.1) is 11.3 Å². The molecule has 0 aromatic carbocycles. The number of thiophene rings is 1. The average Bonchev–Trinajstić information content (AvgIpc) is 2.77. The van der Waals surface area contributed by atoms with Crippen molar-refractivity contribution in [3.05, 3.63) is 22.4 Å². The van der Waals surface area contributed by atoms with Gasteiger partial charge in [-0.1, -0.05) is 46.0 Å². The van der Waals surface area contributed by atoms with E-state index >= 15 is 0 Å². The van der Waals surface area contributed by atoms with Gasteiger partial charge in [0.1, 0.15) is 0 Å². The van der Waals surface area contributed by atoms with Gasteiger partial charge in [0.05, 0.1) is 16.9 Å². The molecule has 1 rings (SSSR count). The van der Waals surface area contributed by atoms with Crippen LogP contribution in [-0.2, 0) is 4.79 Å². The molecule has 2 unspecified atom stereocenters. The molecule has 1 aromatic heterocycles. The second-order valence-corrected chi connectivity index (χ2v) is 6.82. The number of thiocarbonyl (C=S) groups is 1. The molecule has 0 aliphatic heterocycles. The summed E-state index contributed by atoms with van der Waals surface area (Å²) in [7, 11) is 0. The van der Waals surface area contributed by atoms with Crippen LogP contribution < -0.4 is 11.1 Å². The van der Waals surface area contributed by atoms with Gasteiger partial charge in [-0.2, -0.15) is 0 Å². The fourth-order valence-electron chi connectivity index (χ4n) is 2.04. The summed E-state index contributed by atoms with van der Waals surface area (Å²) >= 11 is 6.66. The lowest BCUT2D eigenvalue weighted by atomic mass is 9.93. The Morgan fingerprint density at radius 2 is 1.95 bits per heavy atom. The molecule has 1 aromatic rings. The first-order valence-electron chi connectivity index (χ1n) is 6.47. The number of nitrogens with one attached hydrogen (secondary N) is 1. The molecule has 1 heterocycles. The molecular weight excluding hydrogens is 276 g/mol. The fraction of sp³-hybridized carbons (Fsp3) is 0.571. The molecule has 3 N–H and O–H groups in total. The Morgan fingerprint density at radius 1 is 1.32 bits per heavy atom. The predicted octanol–water partition coefficient (Wildman–Crippen LogP) is 3.12. The van der Waals surface area contributed by atoms with Crippen LogP contribution in [0.2, 0.25) is 0 Å². The SMILES string of the molecule is CC(C)C(C(=O)NC(c1cccs1)C(C)C)C(N)=S. The van der Waals surface area contributed by atoms with Crippen LogP contribution in [0.4, 0.5) is 0 Å². The van der Waals surface area contributed by atoms with Gasteiger partial charge in [0.25, 0.3) is 0 Å². The van der Waals surface area contributed by atoms with Crippen molar-refractivity contribution < 1.29 is 4.79 Å².